The van der Waals surface area contributed by atoms with Crippen molar-refractivity contribution in [3.05, 3.63) is 15.9 Å². The normalized spacial score (nSPS) is 12.4. The molecule has 14 heavy (non-hydrogen) atoms. The second-order valence-electron chi connectivity index (χ2n) is 2.66. The summed E-state index contributed by atoms with van der Waals surface area (Å²) in [5.74, 6) is -0.851. The number of hydrogen-bond acceptors (Lipinski definition) is 4. The lowest BCUT2D eigenvalue weighted by Crippen LogP contribution is -2.39. The van der Waals surface area contributed by atoms with E-state index >= 15 is 0 Å². The number of thiophene rings is 1. The standard InChI is InChI=1S/C8H11BrN2O2S/c1-10-5(8(12)13)4-11-7-3-2-6(9)14-7/h2-3,5,10-11H,4H2,1H3,(H,12,13). The molecule has 0 aliphatic carbocycles. The molecular weight excluding hydrogens is 268 g/mol. The van der Waals surface area contributed by atoms with Gasteiger partial charge in [0.05, 0.1) is 8.79 Å². The molecule has 6 heteroatoms. The molecule has 0 aromatic carbocycles. The van der Waals surface area contributed by atoms with Crippen LogP contribution in [0.1, 0.15) is 0 Å². The monoisotopic (exact) mass is 278 g/mol. The lowest BCUT2D eigenvalue weighted by Gasteiger charge is -2.11. The minimum absolute atomic E-state index is 0.374. The summed E-state index contributed by atoms with van der Waals surface area (Å²) in [6.45, 7) is 0.374. The fourth-order valence-electron chi connectivity index (χ4n) is 0.925. The molecule has 78 valence electrons. The van der Waals surface area contributed by atoms with Gasteiger partial charge in [-0.05, 0) is 35.1 Å². The lowest BCUT2D eigenvalue weighted by molar-refractivity contribution is -0.138. The minimum Gasteiger partial charge on any atom is -0.480 e. The Bertz CT molecular complexity index is 316. The first kappa shape index (κ1) is 11.5. The molecule has 0 aliphatic heterocycles. The van der Waals surface area contributed by atoms with Crippen LogP contribution in [0.2, 0.25) is 0 Å². The summed E-state index contributed by atoms with van der Waals surface area (Å²) < 4.78 is 1.02. The van der Waals surface area contributed by atoms with E-state index in [-0.39, 0.29) is 0 Å². The Morgan fingerprint density at radius 2 is 2.43 bits per heavy atom. The maximum Gasteiger partial charge on any atom is 0.322 e. The molecule has 1 aromatic rings. The number of halogens is 1. The summed E-state index contributed by atoms with van der Waals surface area (Å²) in [5, 5.41) is 15.5. The molecular formula is C8H11BrN2O2S. The highest BCUT2D eigenvalue weighted by molar-refractivity contribution is 9.11. The fourth-order valence-corrected chi connectivity index (χ4v) is 2.22. The van der Waals surface area contributed by atoms with Crippen LogP contribution in [0.25, 0.3) is 0 Å². The fraction of sp³-hybridized carbons (Fsp3) is 0.375. The van der Waals surface area contributed by atoms with Crippen LogP contribution < -0.4 is 10.6 Å². The third-order valence-corrected chi connectivity index (χ3v) is 3.28. The summed E-state index contributed by atoms with van der Waals surface area (Å²) in [5.41, 5.74) is 0. The zero-order chi connectivity index (χ0) is 10.6. The molecule has 0 amide bonds. The lowest BCUT2D eigenvalue weighted by atomic mass is 10.3. The van der Waals surface area contributed by atoms with E-state index < -0.39 is 12.0 Å². The molecule has 0 bridgehead atoms. The second kappa shape index (κ2) is 5.33. The molecule has 1 aromatic heterocycles. The molecule has 0 radical (unpaired) electrons. The van der Waals surface area contributed by atoms with E-state index in [1.807, 2.05) is 12.1 Å². The molecule has 1 atom stereocenters. The highest BCUT2D eigenvalue weighted by Crippen LogP contribution is 2.26. The van der Waals surface area contributed by atoms with Gasteiger partial charge in [0, 0.05) is 6.54 Å². The molecule has 3 N–H and O–H groups in total. The van der Waals surface area contributed by atoms with Crippen molar-refractivity contribution < 1.29 is 9.90 Å². The number of anilines is 1. The van der Waals surface area contributed by atoms with E-state index in [9.17, 15) is 4.79 Å². The molecule has 4 nitrogen and oxygen atoms in total. The molecule has 0 saturated carbocycles. The Kier molecular flexibility index (Phi) is 4.37. The maximum absolute atomic E-state index is 10.6. The molecule has 0 spiro atoms. The van der Waals surface area contributed by atoms with Gasteiger partial charge < -0.3 is 15.7 Å². The maximum atomic E-state index is 10.6. The summed E-state index contributed by atoms with van der Waals surface area (Å²) in [4.78, 5) is 10.6. The summed E-state index contributed by atoms with van der Waals surface area (Å²) in [7, 11) is 1.63. The second-order valence-corrected chi connectivity index (χ2v) is 5.13. The third kappa shape index (κ3) is 3.28. The smallest absolute Gasteiger partial charge is 0.322 e. The Balaban J connectivity index is 2.43. The summed E-state index contributed by atoms with van der Waals surface area (Å²) in [6, 6.07) is 3.27. The van der Waals surface area contributed by atoms with Gasteiger partial charge >= 0.3 is 5.97 Å². The van der Waals surface area contributed by atoms with Crippen molar-refractivity contribution in [2.45, 2.75) is 6.04 Å². The van der Waals surface area contributed by atoms with E-state index in [4.69, 9.17) is 5.11 Å². The molecule has 1 heterocycles. The predicted octanol–water partition coefficient (Wildman–Crippen LogP) is 1.60. The van der Waals surface area contributed by atoms with Crippen LogP contribution in [0.3, 0.4) is 0 Å². The Morgan fingerprint density at radius 3 is 2.86 bits per heavy atom. The van der Waals surface area contributed by atoms with Crippen molar-refractivity contribution in [3.63, 3.8) is 0 Å². The summed E-state index contributed by atoms with van der Waals surface area (Å²) in [6.07, 6.45) is 0. The Hall–Kier alpha value is -0.590. The van der Waals surface area contributed by atoms with Gasteiger partial charge in [-0.2, -0.15) is 0 Å². The highest BCUT2D eigenvalue weighted by Gasteiger charge is 2.14. The van der Waals surface area contributed by atoms with E-state index in [2.05, 4.69) is 26.6 Å². The number of carboxylic acid groups (broad SMARTS) is 1. The quantitative estimate of drug-likeness (QED) is 0.766. The average Bonchev–Trinajstić information content (AvgIpc) is 2.52. The van der Waals surface area contributed by atoms with E-state index in [0.717, 1.165) is 8.79 Å². The van der Waals surface area contributed by atoms with Gasteiger partial charge in [-0.15, -0.1) is 11.3 Å². The van der Waals surface area contributed by atoms with Gasteiger partial charge in [-0.25, -0.2) is 0 Å². The number of likely N-dealkylation sites (N-methyl/N-ethyl adjacent to an activating group) is 1. The number of aliphatic carboxylic acids is 1. The van der Waals surface area contributed by atoms with Crippen molar-refractivity contribution in [1.82, 2.24) is 5.32 Å². The number of rotatable bonds is 5. The van der Waals surface area contributed by atoms with Crippen molar-refractivity contribution in [3.8, 4) is 0 Å². The predicted molar refractivity (Wildman–Crippen MR) is 61.0 cm³/mol. The average molecular weight is 279 g/mol. The van der Waals surface area contributed by atoms with Crippen molar-refractivity contribution in [2.24, 2.45) is 0 Å². The first-order valence-electron chi connectivity index (χ1n) is 4.02. The van der Waals surface area contributed by atoms with Crippen LogP contribution in [0, 0.1) is 0 Å². The Labute approximate surface area is 94.5 Å². The number of hydrogen-bond donors (Lipinski definition) is 3. The van der Waals surface area contributed by atoms with Crippen molar-refractivity contribution in [1.29, 1.82) is 0 Å². The van der Waals surface area contributed by atoms with Crippen LogP contribution in [-0.4, -0.2) is 30.7 Å². The molecule has 0 saturated heterocycles. The number of carboxylic acids is 1. The number of nitrogens with one attached hydrogen (secondary N) is 2. The molecule has 1 unspecified atom stereocenters. The van der Waals surface area contributed by atoms with Crippen LogP contribution in [0.4, 0.5) is 5.00 Å². The molecule has 0 fully saturated rings. The minimum atomic E-state index is -0.851. The Morgan fingerprint density at radius 1 is 1.71 bits per heavy atom. The van der Waals surface area contributed by atoms with Gasteiger partial charge in [0.15, 0.2) is 0 Å². The largest absolute Gasteiger partial charge is 0.480 e. The van der Waals surface area contributed by atoms with Gasteiger partial charge in [0.1, 0.15) is 6.04 Å². The van der Waals surface area contributed by atoms with Gasteiger partial charge in [0.25, 0.3) is 0 Å². The zero-order valence-corrected chi connectivity index (χ0v) is 9.98. The van der Waals surface area contributed by atoms with E-state index in [1.165, 1.54) is 11.3 Å². The van der Waals surface area contributed by atoms with Crippen LogP contribution in [0.15, 0.2) is 15.9 Å². The highest BCUT2D eigenvalue weighted by atomic mass is 79.9. The van der Waals surface area contributed by atoms with Gasteiger partial charge in [0.2, 0.25) is 0 Å². The van der Waals surface area contributed by atoms with Crippen molar-refractivity contribution in [2.75, 3.05) is 18.9 Å². The van der Waals surface area contributed by atoms with Gasteiger partial charge in [-0.3, -0.25) is 4.79 Å². The van der Waals surface area contributed by atoms with Crippen LogP contribution >= 0.6 is 27.3 Å². The van der Waals surface area contributed by atoms with Gasteiger partial charge in [-0.1, -0.05) is 0 Å². The van der Waals surface area contributed by atoms with E-state index in [0.29, 0.717) is 6.54 Å². The topological polar surface area (TPSA) is 61.4 Å². The third-order valence-electron chi connectivity index (χ3n) is 1.70. The molecule has 1 rings (SSSR count). The summed E-state index contributed by atoms with van der Waals surface area (Å²) >= 11 is 4.87. The van der Waals surface area contributed by atoms with Crippen molar-refractivity contribution >= 4 is 38.2 Å². The molecule has 0 aliphatic rings. The van der Waals surface area contributed by atoms with E-state index in [1.54, 1.807) is 7.05 Å². The first-order valence-corrected chi connectivity index (χ1v) is 5.63. The van der Waals surface area contributed by atoms with Crippen LogP contribution in [-0.2, 0) is 4.79 Å². The first-order chi connectivity index (χ1) is 6.63. The zero-order valence-electron chi connectivity index (χ0n) is 7.58. The van der Waals surface area contributed by atoms with Crippen LogP contribution in [0.5, 0.6) is 0 Å². The number of carbonyl (C=O) groups is 1. The SMILES string of the molecule is CNC(CNc1ccc(Br)s1)C(=O)O.